The highest BCUT2D eigenvalue weighted by molar-refractivity contribution is 5.55. The van der Waals surface area contributed by atoms with Crippen LogP contribution in [0.4, 0.5) is 0 Å². The fourth-order valence-corrected chi connectivity index (χ4v) is 0.961. The second-order valence-electron chi connectivity index (χ2n) is 3.03. The maximum absolute atomic E-state index is 4.32. The first kappa shape index (κ1) is 10.4. The Kier molecular flexibility index (Phi) is 4.84. The zero-order valence-electron chi connectivity index (χ0n) is 8.31. The van der Waals surface area contributed by atoms with Gasteiger partial charge in [0.15, 0.2) is 0 Å². The van der Waals surface area contributed by atoms with E-state index in [4.69, 9.17) is 0 Å². The largest absolute Gasteiger partial charge is 0.266 e. The van der Waals surface area contributed by atoms with E-state index < -0.39 is 0 Å². The van der Waals surface area contributed by atoms with Crippen LogP contribution in [-0.4, -0.2) is 6.21 Å². The number of hydrogen-bond acceptors (Lipinski definition) is 1. The minimum atomic E-state index is 0.619. The topological polar surface area (TPSA) is 12.4 Å². The summed E-state index contributed by atoms with van der Waals surface area (Å²) in [4.78, 5) is 4.32. The van der Waals surface area contributed by atoms with Crippen molar-refractivity contribution in [3.05, 3.63) is 11.3 Å². The number of nitrogens with zero attached hydrogens (tertiary/aromatic N) is 1. The highest BCUT2D eigenvalue weighted by Crippen LogP contribution is 2.17. The first-order valence-electron chi connectivity index (χ1n) is 4.31. The first-order chi connectivity index (χ1) is 5.13. The van der Waals surface area contributed by atoms with E-state index in [1.54, 1.807) is 0 Å². The van der Waals surface area contributed by atoms with Gasteiger partial charge in [0.05, 0.1) is 0 Å². The molecular weight excluding hydrogens is 134 g/mol. The Morgan fingerprint density at radius 3 is 2.27 bits per heavy atom. The van der Waals surface area contributed by atoms with Crippen LogP contribution < -0.4 is 0 Å². The normalized spacial score (nSPS) is 14.4. The first-order valence-corrected chi connectivity index (χ1v) is 4.31. The second kappa shape index (κ2) is 5.11. The van der Waals surface area contributed by atoms with E-state index >= 15 is 0 Å². The molecule has 0 atom stereocenters. The van der Waals surface area contributed by atoms with E-state index in [2.05, 4.69) is 32.7 Å². The summed E-state index contributed by atoms with van der Waals surface area (Å²) >= 11 is 0. The molecule has 1 heteroatoms. The molecule has 0 saturated heterocycles. The average molecular weight is 153 g/mol. The molecule has 0 heterocycles. The molecule has 64 valence electrons. The molecule has 0 rings (SSSR count). The Balaban J connectivity index is 4.53. The Bertz CT molecular complexity index is 164. The van der Waals surface area contributed by atoms with Gasteiger partial charge in [-0.2, -0.15) is 0 Å². The van der Waals surface area contributed by atoms with Crippen LogP contribution in [0.25, 0.3) is 0 Å². The van der Waals surface area contributed by atoms with Crippen LogP contribution in [-0.2, 0) is 0 Å². The van der Waals surface area contributed by atoms with Crippen LogP contribution in [0, 0.1) is 5.92 Å². The van der Waals surface area contributed by atoms with Crippen molar-refractivity contribution in [3.8, 4) is 0 Å². The summed E-state index contributed by atoms with van der Waals surface area (Å²) in [5.41, 5.74) is 2.65. The summed E-state index contributed by atoms with van der Waals surface area (Å²) in [7, 11) is 0. The van der Waals surface area contributed by atoms with Crippen molar-refractivity contribution in [2.24, 2.45) is 10.9 Å². The Hall–Kier alpha value is -0.590. The third-order valence-corrected chi connectivity index (χ3v) is 1.94. The zero-order chi connectivity index (χ0) is 8.85. The monoisotopic (exact) mass is 153 g/mol. The average Bonchev–Trinajstić information content (AvgIpc) is 1.98. The zero-order valence-corrected chi connectivity index (χ0v) is 8.31. The second-order valence-corrected chi connectivity index (χ2v) is 3.03. The molecule has 11 heavy (non-hydrogen) atoms. The molecule has 0 bridgehead atoms. The third-order valence-electron chi connectivity index (χ3n) is 1.94. The minimum Gasteiger partial charge on any atom is -0.266 e. The number of hydrogen-bond donors (Lipinski definition) is 0. The molecule has 0 aromatic carbocycles. The summed E-state index contributed by atoms with van der Waals surface area (Å²) in [6, 6.07) is 0. The van der Waals surface area contributed by atoms with Crippen LogP contribution in [0.2, 0.25) is 0 Å². The van der Waals surface area contributed by atoms with Crippen molar-refractivity contribution < 1.29 is 0 Å². The fraction of sp³-hybridized carbons (Fsp3) is 0.700. The van der Waals surface area contributed by atoms with E-state index in [0.717, 1.165) is 6.42 Å². The lowest BCUT2D eigenvalue weighted by atomic mass is 10.0. The molecule has 0 fully saturated rings. The molecule has 0 aromatic rings. The Labute approximate surface area is 70.2 Å². The van der Waals surface area contributed by atoms with E-state index in [1.807, 2.05) is 13.1 Å². The fourth-order valence-electron chi connectivity index (χ4n) is 0.961. The summed E-state index contributed by atoms with van der Waals surface area (Å²) in [5, 5.41) is 0. The molecule has 0 aliphatic heterocycles. The van der Waals surface area contributed by atoms with E-state index in [9.17, 15) is 0 Å². The van der Waals surface area contributed by atoms with Gasteiger partial charge in [0.25, 0.3) is 0 Å². The maximum atomic E-state index is 4.32. The Morgan fingerprint density at radius 2 is 2.00 bits per heavy atom. The van der Waals surface area contributed by atoms with E-state index in [-0.39, 0.29) is 0 Å². The van der Waals surface area contributed by atoms with Crippen LogP contribution in [0.5, 0.6) is 0 Å². The van der Waals surface area contributed by atoms with Gasteiger partial charge in [-0.3, -0.25) is 4.99 Å². The van der Waals surface area contributed by atoms with Crippen molar-refractivity contribution in [2.45, 2.75) is 41.0 Å². The van der Waals surface area contributed by atoms with Gasteiger partial charge in [-0.25, -0.2) is 0 Å². The van der Waals surface area contributed by atoms with Gasteiger partial charge in [0, 0.05) is 11.9 Å². The predicted molar refractivity (Wildman–Crippen MR) is 52.0 cm³/mol. The molecule has 0 aliphatic rings. The Morgan fingerprint density at radius 1 is 1.45 bits per heavy atom. The molecule has 0 spiro atoms. The molecule has 0 radical (unpaired) electrons. The van der Waals surface area contributed by atoms with E-state index in [1.165, 1.54) is 11.3 Å². The molecular formula is C10H19N. The highest BCUT2D eigenvalue weighted by atomic mass is 14.7. The van der Waals surface area contributed by atoms with Gasteiger partial charge < -0.3 is 0 Å². The molecule has 0 amide bonds. The van der Waals surface area contributed by atoms with Gasteiger partial charge >= 0.3 is 0 Å². The minimum absolute atomic E-state index is 0.619. The van der Waals surface area contributed by atoms with Gasteiger partial charge in [0.2, 0.25) is 0 Å². The van der Waals surface area contributed by atoms with Crippen molar-refractivity contribution in [1.29, 1.82) is 0 Å². The summed E-state index contributed by atoms with van der Waals surface area (Å²) in [6.07, 6.45) is 2.90. The molecule has 0 unspecified atom stereocenters. The lowest BCUT2D eigenvalue weighted by Gasteiger charge is -2.08. The summed E-state index contributed by atoms with van der Waals surface area (Å²) in [5.74, 6) is 0.619. The molecule has 1 nitrogen and oxygen atoms in total. The van der Waals surface area contributed by atoms with Gasteiger partial charge in [-0.15, -0.1) is 0 Å². The van der Waals surface area contributed by atoms with Crippen molar-refractivity contribution in [2.75, 3.05) is 0 Å². The number of allylic oxidation sites excluding steroid dienone is 2. The quantitative estimate of drug-likeness (QED) is 0.551. The predicted octanol–water partition coefficient (Wildman–Crippen LogP) is 3.42. The standard InChI is InChI=1S/C10H19N/c1-6-10(11-7-2)9(5)8(3)4/h7-8H,6H2,1-5H3/b10-9+,11-7-. The van der Waals surface area contributed by atoms with Crippen LogP contribution in [0.15, 0.2) is 16.3 Å². The van der Waals surface area contributed by atoms with Crippen molar-refractivity contribution in [1.82, 2.24) is 0 Å². The van der Waals surface area contributed by atoms with Crippen LogP contribution >= 0.6 is 0 Å². The van der Waals surface area contributed by atoms with Gasteiger partial charge in [-0.1, -0.05) is 20.8 Å². The highest BCUT2D eigenvalue weighted by Gasteiger charge is 2.01. The van der Waals surface area contributed by atoms with Crippen molar-refractivity contribution in [3.63, 3.8) is 0 Å². The summed E-state index contributed by atoms with van der Waals surface area (Å²) in [6.45, 7) is 10.7. The lowest BCUT2D eigenvalue weighted by molar-refractivity contribution is 0.745. The molecule has 0 N–H and O–H groups in total. The van der Waals surface area contributed by atoms with Crippen LogP contribution in [0.1, 0.15) is 41.0 Å². The molecule has 0 aromatic heterocycles. The lowest BCUT2D eigenvalue weighted by Crippen LogP contribution is -1.93. The van der Waals surface area contributed by atoms with Crippen LogP contribution in [0.3, 0.4) is 0 Å². The number of rotatable bonds is 3. The van der Waals surface area contributed by atoms with E-state index in [0.29, 0.717) is 5.92 Å². The smallest absolute Gasteiger partial charge is 0.0388 e. The summed E-state index contributed by atoms with van der Waals surface area (Å²) < 4.78 is 0. The SMILES string of the molecule is C/C=N\C(CC)=C(/C)C(C)C. The molecule has 0 saturated carbocycles. The molecule has 0 aliphatic carbocycles. The third kappa shape index (κ3) is 3.35. The maximum Gasteiger partial charge on any atom is 0.0388 e. The van der Waals surface area contributed by atoms with Gasteiger partial charge in [-0.05, 0) is 31.8 Å². The number of aliphatic imine (C=N–C) groups is 1. The van der Waals surface area contributed by atoms with Crippen molar-refractivity contribution >= 4 is 6.21 Å². The van der Waals surface area contributed by atoms with Gasteiger partial charge in [0.1, 0.15) is 0 Å².